The number of hydrogen-bond donors (Lipinski definition) is 2. The van der Waals surface area contributed by atoms with Crippen LogP contribution in [0.4, 0.5) is 0 Å². The van der Waals surface area contributed by atoms with Crippen LogP contribution in [0.15, 0.2) is 12.1 Å². The van der Waals surface area contributed by atoms with Gasteiger partial charge in [0.25, 0.3) is 0 Å². The lowest BCUT2D eigenvalue weighted by molar-refractivity contribution is 0.287. The number of halogens is 2. The molecule has 0 aromatic heterocycles. The van der Waals surface area contributed by atoms with Gasteiger partial charge < -0.3 is 19.9 Å². The number of aliphatic hydroxyl groups excluding tert-OH is 1. The van der Waals surface area contributed by atoms with Crippen LogP contribution in [0, 0.1) is 0 Å². The summed E-state index contributed by atoms with van der Waals surface area (Å²) in [4.78, 5) is 0. The summed E-state index contributed by atoms with van der Waals surface area (Å²) in [5, 5.41) is 12.4. The van der Waals surface area contributed by atoms with E-state index < -0.39 is 0 Å². The van der Waals surface area contributed by atoms with Gasteiger partial charge in [-0.1, -0.05) is 24.9 Å². The first-order valence-electron chi connectivity index (χ1n) is 6.53. The van der Waals surface area contributed by atoms with Crippen LogP contribution in [0.1, 0.15) is 25.3 Å². The van der Waals surface area contributed by atoms with E-state index in [-0.39, 0.29) is 19.0 Å². The van der Waals surface area contributed by atoms with E-state index in [0.29, 0.717) is 36.2 Å². The minimum Gasteiger partial charge on any atom is -0.493 e. The maximum absolute atomic E-state index is 8.73. The lowest BCUT2D eigenvalue weighted by atomic mass is 10.2. The van der Waals surface area contributed by atoms with Gasteiger partial charge in [-0.25, -0.2) is 0 Å². The van der Waals surface area contributed by atoms with Crippen molar-refractivity contribution in [3.8, 4) is 11.5 Å². The van der Waals surface area contributed by atoms with E-state index in [9.17, 15) is 0 Å². The van der Waals surface area contributed by atoms with Gasteiger partial charge in [-0.2, -0.15) is 0 Å². The van der Waals surface area contributed by atoms with Crippen molar-refractivity contribution >= 4 is 24.0 Å². The largest absolute Gasteiger partial charge is 0.493 e. The number of aliphatic hydroxyl groups is 1. The van der Waals surface area contributed by atoms with Crippen LogP contribution in [-0.2, 0) is 6.54 Å². The molecule has 0 aliphatic carbocycles. The van der Waals surface area contributed by atoms with Crippen molar-refractivity contribution in [2.45, 2.75) is 26.3 Å². The van der Waals surface area contributed by atoms with Crippen LogP contribution >= 0.6 is 24.0 Å². The number of ether oxygens (including phenoxy) is 2. The molecule has 0 saturated heterocycles. The molecule has 0 radical (unpaired) electrons. The highest BCUT2D eigenvalue weighted by atomic mass is 35.5. The summed E-state index contributed by atoms with van der Waals surface area (Å²) in [5.41, 5.74) is 0.998. The number of hydrogen-bond acceptors (Lipinski definition) is 4. The zero-order chi connectivity index (χ0) is 14.1. The zero-order valence-electron chi connectivity index (χ0n) is 11.9. The van der Waals surface area contributed by atoms with Crippen molar-refractivity contribution in [1.82, 2.24) is 5.32 Å². The quantitative estimate of drug-likeness (QED) is 0.686. The summed E-state index contributed by atoms with van der Waals surface area (Å²) in [6.07, 6.45) is 2.06. The molecule has 0 aliphatic rings. The smallest absolute Gasteiger partial charge is 0.179 e. The molecule has 0 saturated carbocycles. The Morgan fingerprint density at radius 2 is 2.10 bits per heavy atom. The third-order valence-corrected chi connectivity index (χ3v) is 2.93. The van der Waals surface area contributed by atoms with Crippen molar-refractivity contribution < 1.29 is 14.6 Å². The van der Waals surface area contributed by atoms with Crippen molar-refractivity contribution in [2.24, 2.45) is 0 Å². The van der Waals surface area contributed by atoms with Crippen LogP contribution in [0.25, 0.3) is 0 Å². The van der Waals surface area contributed by atoms with Crippen LogP contribution < -0.4 is 14.8 Å². The topological polar surface area (TPSA) is 50.7 Å². The fourth-order valence-electron chi connectivity index (χ4n) is 1.65. The second-order valence-corrected chi connectivity index (χ2v) is 4.62. The van der Waals surface area contributed by atoms with Gasteiger partial charge in [0.1, 0.15) is 0 Å². The Morgan fingerprint density at radius 3 is 2.70 bits per heavy atom. The van der Waals surface area contributed by atoms with Crippen LogP contribution in [-0.4, -0.2) is 32.0 Å². The van der Waals surface area contributed by atoms with E-state index in [0.717, 1.165) is 18.4 Å². The molecule has 0 unspecified atom stereocenters. The predicted molar refractivity (Wildman–Crippen MR) is 84.4 cm³/mol. The first kappa shape index (κ1) is 19.3. The van der Waals surface area contributed by atoms with E-state index in [1.54, 1.807) is 7.11 Å². The molecule has 0 amide bonds. The fourth-order valence-corrected chi connectivity index (χ4v) is 1.93. The van der Waals surface area contributed by atoms with E-state index in [4.69, 9.17) is 26.2 Å². The van der Waals surface area contributed by atoms with Gasteiger partial charge in [-0.05, 0) is 24.1 Å². The van der Waals surface area contributed by atoms with Crippen molar-refractivity contribution in [1.29, 1.82) is 0 Å². The molecule has 0 fully saturated rings. The van der Waals surface area contributed by atoms with E-state index >= 15 is 0 Å². The summed E-state index contributed by atoms with van der Waals surface area (Å²) >= 11 is 6.22. The van der Waals surface area contributed by atoms with Crippen LogP contribution in [0.3, 0.4) is 0 Å². The Balaban J connectivity index is 0.00000361. The van der Waals surface area contributed by atoms with Gasteiger partial charge in [-0.3, -0.25) is 0 Å². The van der Waals surface area contributed by atoms with Gasteiger partial charge in [-0.15, -0.1) is 12.4 Å². The van der Waals surface area contributed by atoms with E-state index in [2.05, 4.69) is 12.2 Å². The molecular formula is C14H23Cl2NO3. The molecule has 1 aromatic carbocycles. The third kappa shape index (κ3) is 6.18. The molecule has 0 bridgehead atoms. The molecule has 0 atom stereocenters. The minimum atomic E-state index is 0. The molecule has 0 spiro atoms. The number of benzene rings is 1. The Kier molecular flexibility index (Phi) is 10.7. The summed E-state index contributed by atoms with van der Waals surface area (Å²) in [6, 6.07) is 3.76. The second-order valence-electron chi connectivity index (χ2n) is 4.21. The first-order chi connectivity index (χ1) is 9.22. The Labute approximate surface area is 131 Å². The van der Waals surface area contributed by atoms with Crippen LogP contribution in [0.5, 0.6) is 11.5 Å². The number of methoxy groups -OCH3 is 1. The maximum atomic E-state index is 8.73. The summed E-state index contributed by atoms with van der Waals surface area (Å²) in [5.74, 6) is 1.24. The van der Waals surface area contributed by atoms with Crippen molar-refractivity contribution in [3.05, 3.63) is 22.7 Å². The Bertz CT molecular complexity index is 389. The SMILES string of the molecule is CCCCOc1c(Cl)cc(CNCCO)cc1OC.Cl. The molecule has 1 rings (SSSR count). The number of rotatable bonds is 9. The standard InChI is InChI=1S/C14H22ClNO3.ClH/c1-3-4-7-19-14-12(15)8-11(9-13(14)18-2)10-16-5-6-17;/h8-9,16-17H,3-7,10H2,1-2H3;1H. The normalized spacial score (nSPS) is 10.0. The summed E-state index contributed by atoms with van der Waals surface area (Å²) < 4.78 is 11.0. The molecule has 2 N–H and O–H groups in total. The van der Waals surface area contributed by atoms with Gasteiger partial charge in [0, 0.05) is 13.1 Å². The number of unbranched alkanes of at least 4 members (excludes halogenated alkanes) is 1. The molecule has 4 nitrogen and oxygen atoms in total. The number of nitrogens with one attached hydrogen (secondary N) is 1. The lowest BCUT2D eigenvalue weighted by Gasteiger charge is -2.14. The molecule has 1 aromatic rings. The highest BCUT2D eigenvalue weighted by molar-refractivity contribution is 6.32. The molecular weight excluding hydrogens is 301 g/mol. The highest BCUT2D eigenvalue weighted by Crippen LogP contribution is 2.36. The average Bonchev–Trinajstić information content (AvgIpc) is 2.41. The highest BCUT2D eigenvalue weighted by Gasteiger charge is 2.11. The third-order valence-electron chi connectivity index (χ3n) is 2.65. The van der Waals surface area contributed by atoms with Gasteiger partial charge in [0.15, 0.2) is 11.5 Å². The Morgan fingerprint density at radius 1 is 1.35 bits per heavy atom. The first-order valence-corrected chi connectivity index (χ1v) is 6.91. The predicted octanol–water partition coefficient (Wildman–Crippen LogP) is 3.03. The zero-order valence-corrected chi connectivity index (χ0v) is 13.5. The summed E-state index contributed by atoms with van der Waals surface area (Å²) in [7, 11) is 1.60. The van der Waals surface area contributed by atoms with E-state index in [1.165, 1.54) is 0 Å². The molecule has 20 heavy (non-hydrogen) atoms. The van der Waals surface area contributed by atoms with Crippen molar-refractivity contribution in [3.63, 3.8) is 0 Å². The average molecular weight is 324 g/mol. The lowest BCUT2D eigenvalue weighted by Crippen LogP contribution is -2.17. The summed E-state index contributed by atoms with van der Waals surface area (Å²) in [6.45, 7) is 4.04. The van der Waals surface area contributed by atoms with Crippen molar-refractivity contribution in [2.75, 3.05) is 26.9 Å². The van der Waals surface area contributed by atoms with Gasteiger partial charge in [0.2, 0.25) is 0 Å². The monoisotopic (exact) mass is 323 g/mol. The fraction of sp³-hybridized carbons (Fsp3) is 0.571. The van der Waals surface area contributed by atoms with E-state index in [1.807, 2.05) is 12.1 Å². The molecule has 116 valence electrons. The molecule has 6 heteroatoms. The molecule has 0 aliphatic heterocycles. The van der Waals surface area contributed by atoms with Gasteiger partial charge >= 0.3 is 0 Å². The van der Waals surface area contributed by atoms with Crippen LogP contribution in [0.2, 0.25) is 5.02 Å². The van der Waals surface area contributed by atoms with Gasteiger partial charge in [0.05, 0.1) is 25.3 Å². The Hall–Kier alpha value is -0.680. The molecule has 0 heterocycles. The maximum Gasteiger partial charge on any atom is 0.179 e. The minimum absolute atomic E-state index is 0. The second kappa shape index (κ2) is 11.0.